The van der Waals surface area contributed by atoms with Crippen LogP contribution in [0.3, 0.4) is 0 Å². The fourth-order valence-corrected chi connectivity index (χ4v) is 2.57. The molecule has 0 fully saturated rings. The molecule has 0 saturated heterocycles. The van der Waals surface area contributed by atoms with E-state index in [0.717, 1.165) is 6.54 Å². The molecule has 1 atom stereocenters. The Morgan fingerprint density at radius 1 is 1.25 bits per heavy atom. The van der Waals surface area contributed by atoms with E-state index in [4.69, 9.17) is 0 Å². The fraction of sp³-hybridized carbons (Fsp3) is 0.286. The molecule has 0 N–H and O–H groups in total. The molecule has 1 nitrogen and oxygen atoms in total. The van der Waals surface area contributed by atoms with Crippen LogP contribution in [0.15, 0.2) is 47.0 Å². The quantitative estimate of drug-likeness (QED) is 0.817. The SMILES string of the molecule is CN(C)CC1C=CC=C1c1ccccc1Br. The van der Waals surface area contributed by atoms with Gasteiger partial charge in [-0.2, -0.15) is 0 Å². The predicted octanol–water partition coefficient (Wildman–Crippen LogP) is 3.58. The molecule has 0 heterocycles. The van der Waals surface area contributed by atoms with Crippen LogP contribution in [-0.4, -0.2) is 25.5 Å². The van der Waals surface area contributed by atoms with Gasteiger partial charge in [-0.05, 0) is 31.3 Å². The second kappa shape index (κ2) is 4.98. The normalized spacial score (nSPS) is 19.2. The minimum atomic E-state index is 0.508. The van der Waals surface area contributed by atoms with Crippen LogP contribution in [0.4, 0.5) is 0 Å². The van der Waals surface area contributed by atoms with E-state index >= 15 is 0 Å². The van der Waals surface area contributed by atoms with Gasteiger partial charge < -0.3 is 4.90 Å². The van der Waals surface area contributed by atoms with Crippen LogP contribution in [0.5, 0.6) is 0 Å². The number of rotatable bonds is 3. The van der Waals surface area contributed by atoms with Crippen molar-refractivity contribution in [3.05, 3.63) is 52.5 Å². The van der Waals surface area contributed by atoms with E-state index in [2.05, 4.69) is 77.4 Å². The Morgan fingerprint density at radius 3 is 2.69 bits per heavy atom. The molecule has 0 aromatic heterocycles. The van der Waals surface area contributed by atoms with Crippen molar-refractivity contribution in [2.75, 3.05) is 20.6 Å². The molecule has 16 heavy (non-hydrogen) atoms. The van der Waals surface area contributed by atoms with Gasteiger partial charge in [0.2, 0.25) is 0 Å². The Morgan fingerprint density at radius 2 is 2.00 bits per heavy atom. The number of hydrogen-bond acceptors (Lipinski definition) is 1. The van der Waals surface area contributed by atoms with Gasteiger partial charge in [0.25, 0.3) is 0 Å². The molecule has 1 aliphatic carbocycles. The van der Waals surface area contributed by atoms with Gasteiger partial charge in [0.15, 0.2) is 0 Å². The third kappa shape index (κ3) is 2.45. The molecule has 0 radical (unpaired) electrons. The minimum absolute atomic E-state index is 0.508. The van der Waals surface area contributed by atoms with Gasteiger partial charge in [0, 0.05) is 16.9 Å². The first-order valence-electron chi connectivity index (χ1n) is 5.46. The zero-order chi connectivity index (χ0) is 11.5. The third-order valence-corrected chi connectivity index (χ3v) is 3.46. The topological polar surface area (TPSA) is 3.24 Å². The standard InChI is InChI=1S/C14H16BrN/c1-16(2)10-11-6-5-8-12(11)13-7-3-4-9-14(13)15/h3-9,11H,10H2,1-2H3. The van der Waals surface area contributed by atoms with Gasteiger partial charge in [-0.3, -0.25) is 0 Å². The summed E-state index contributed by atoms with van der Waals surface area (Å²) in [6, 6.07) is 8.41. The zero-order valence-corrected chi connectivity index (χ0v) is 11.2. The zero-order valence-electron chi connectivity index (χ0n) is 9.65. The molecule has 1 aromatic carbocycles. The number of allylic oxidation sites excluding steroid dienone is 2. The molecule has 1 aliphatic rings. The van der Waals surface area contributed by atoms with E-state index in [1.54, 1.807) is 0 Å². The Hall–Kier alpha value is -0.860. The maximum atomic E-state index is 3.62. The van der Waals surface area contributed by atoms with Gasteiger partial charge in [0.05, 0.1) is 0 Å². The molecule has 0 saturated carbocycles. The minimum Gasteiger partial charge on any atom is -0.308 e. The van der Waals surface area contributed by atoms with Crippen LogP contribution < -0.4 is 0 Å². The van der Waals surface area contributed by atoms with E-state index in [1.807, 2.05) is 0 Å². The summed E-state index contributed by atoms with van der Waals surface area (Å²) in [6.45, 7) is 1.06. The predicted molar refractivity (Wildman–Crippen MR) is 73.3 cm³/mol. The van der Waals surface area contributed by atoms with Gasteiger partial charge in [-0.25, -0.2) is 0 Å². The van der Waals surface area contributed by atoms with Gasteiger partial charge in [0.1, 0.15) is 0 Å². The molecule has 0 spiro atoms. The molecule has 2 heteroatoms. The lowest BCUT2D eigenvalue weighted by atomic mass is 9.95. The first-order chi connectivity index (χ1) is 7.68. The molecular weight excluding hydrogens is 262 g/mol. The summed E-state index contributed by atoms with van der Waals surface area (Å²) in [7, 11) is 4.23. The van der Waals surface area contributed by atoms with Crippen LogP contribution in [0, 0.1) is 5.92 Å². The summed E-state index contributed by atoms with van der Waals surface area (Å²) in [4.78, 5) is 2.23. The van der Waals surface area contributed by atoms with Crippen molar-refractivity contribution in [1.82, 2.24) is 4.90 Å². The second-order valence-corrected chi connectivity index (χ2v) is 5.21. The van der Waals surface area contributed by atoms with E-state index in [0.29, 0.717) is 5.92 Å². The third-order valence-electron chi connectivity index (χ3n) is 2.77. The molecule has 1 aromatic rings. The Kier molecular flexibility index (Phi) is 3.62. The van der Waals surface area contributed by atoms with Crippen molar-refractivity contribution in [2.24, 2.45) is 5.92 Å². The Balaban J connectivity index is 2.25. The van der Waals surface area contributed by atoms with Crippen molar-refractivity contribution in [3.63, 3.8) is 0 Å². The molecular formula is C14H16BrN. The average Bonchev–Trinajstić information content (AvgIpc) is 2.66. The second-order valence-electron chi connectivity index (χ2n) is 4.36. The molecule has 2 rings (SSSR count). The highest BCUT2D eigenvalue weighted by Gasteiger charge is 2.18. The van der Waals surface area contributed by atoms with Crippen molar-refractivity contribution in [3.8, 4) is 0 Å². The van der Waals surface area contributed by atoms with Crippen LogP contribution in [0.1, 0.15) is 5.56 Å². The monoisotopic (exact) mass is 277 g/mol. The highest BCUT2D eigenvalue weighted by atomic mass is 79.9. The van der Waals surface area contributed by atoms with Gasteiger partial charge in [-0.1, -0.05) is 52.4 Å². The maximum Gasteiger partial charge on any atom is 0.0250 e. The van der Waals surface area contributed by atoms with Crippen molar-refractivity contribution < 1.29 is 0 Å². The maximum absolute atomic E-state index is 3.62. The van der Waals surface area contributed by atoms with Crippen LogP contribution >= 0.6 is 15.9 Å². The number of nitrogens with zero attached hydrogens (tertiary/aromatic N) is 1. The summed E-state index contributed by atoms with van der Waals surface area (Å²) >= 11 is 3.62. The molecule has 0 bridgehead atoms. The van der Waals surface area contributed by atoms with Gasteiger partial charge in [-0.15, -0.1) is 0 Å². The van der Waals surface area contributed by atoms with E-state index < -0.39 is 0 Å². The van der Waals surface area contributed by atoms with E-state index in [9.17, 15) is 0 Å². The van der Waals surface area contributed by atoms with Crippen molar-refractivity contribution in [1.29, 1.82) is 0 Å². The lowest BCUT2D eigenvalue weighted by Crippen LogP contribution is -2.20. The summed E-state index contributed by atoms with van der Waals surface area (Å²) in [5.41, 5.74) is 2.71. The summed E-state index contributed by atoms with van der Waals surface area (Å²) < 4.78 is 1.17. The molecule has 0 amide bonds. The Bertz CT molecular complexity index is 432. The van der Waals surface area contributed by atoms with Crippen LogP contribution in [0.25, 0.3) is 5.57 Å². The first-order valence-corrected chi connectivity index (χ1v) is 6.26. The first kappa shape index (κ1) is 11.6. The summed E-state index contributed by atoms with van der Waals surface area (Å²) in [5.74, 6) is 0.508. The van der Waals surface area contributed by atoms with Gasteiger partial charge >= 0.3 is 0 Å². The lowest BCUT2D eigenvalue weighted by Gasteiger charge is -2.19. The summed E-state index contributed by atoms with van der Waals surface area (Å²) in [6.07, 6.45) is 6.64. The highest BCUT2D eigenvalue weighted by molar-refractivity contribution is 9.10. The molecule has 84 valence electrons. The lowest BCUT2D eigenvalue weighted by molar-refractivity contribution is 0.390. The smallest absolute Gasteiger partial charge is 0.0250 e. The van der Waals surface area contributed by atoms with E-state index in [-0.39, 0.29) is 0 Å². The van der Waals surface area contributed by atoms with Crippen molar-refractivity contribution in [2.45, 2.75) is 0 Å². The molecule has 1 unspecified atom stereocenters. The summed E-state index contributed by atoms with van der Waals surface area (Å²) in [5, 5.41) is 0. The van der Waals surface area contributed by atoms with Crippen LogP contribution in [-0.2, 0) is 0 Å². The van der Waals surface area contributed by atoms with E-state index in [1.165, 1.54) is 15.6 Å². The number of benzene rings is 1. The fourth-order valence-electron chi connectivity index (χ4n) is 2.06. The average molecular weight is 278 g/mol. The Labute approximate surface area is 106 Å². The van der Waals surface area contributed by atoms with Crippen molar-refractivity contribution >= 4 is 21.5 Å². The molecule has 0 aliphatic heterocycles. The highest BCUT2D eigenvalue weighted by Crippen LogP contribution is 2.33. The number of hydrogen-bond donors (Lipinski definition) is 0. The largest absolute Gasteiger partial charge is 0.308 e. The van der Waals surface area contributed by atoms with Crippen LogP contribution in [0.2, 0.25) is 0 Å². The number of halogens is 1.